The molecule has 44 heavy (non-hydrogen) atoms. The van der Waals surface area contributed by atoms with Gasteiger partial charge in [-0.3, -0.25) is 14.9 Å². The first kappa shape index (κ1) is 32.6. The molecule has 3 N–H and O–H groups in total. The number of benzene rings is 1. The molecule has 0 aliphatic heterocycles. The van der Waals surface area contributed by atoms with Crippen LogP contribution in [0.25, 0.3) is 21.7 Å². The van der Waals surface area contributed by atoms with Crippen LogP contribution in [0.1, 0.15) is 56.8 Å². The molecule has 3 aromatic heterocycles. The zero-order valence-electron chi connectivity index (χ0n) is 26.1. The van der Waals surface area contributed by atoms with Crippen molar-refractivity contribution in [3.63, 3.8) is 0 Å². The molecule has 0 atom stereocenters. The number of imidazole rings is 1. The molecule has 0 bridgehead atoms. The molecular formula is C32H39N7O4S. The largest absolute Gasteiger partial charge is 0.443 e. The van der Waals surface area contributed by atoms with Crippen LogP contribution < -0.4 is 10.6 Å². The molecule has 232 valence electrons. The minimum absolute atomic E-state index is 0.0403. The predicted octanol–water partition coefficient (Wildman–Crippen LogP) is 5.21. The lowest BCUT2D eigenvalue weighted by Gasteiger charge is -2.36. The van der Waals surface area contributed by atoms with Gasteiger partial charge in [-0.05, 0) is 63.4 Å². The molecule has 4 aromatic rings. The average Bonchev–Trinajstić information content (AvgIpc) is 3.71. The summed E-state index contributed by atoms with van der Waals surface area (Å²) in [6.07, 6.45) is 4.59. The number of amides is 2. The SMILES string of the molecule is CC(C)/C=C(\C#N)C(=O)N(C)C(C)(C)Cn1c(NC(=O)c2ccc(-c3cnco3)s2)nc2cc(CNCC(C)(C)O)ccc21. The van der Waals surface area contributed by atoms with Crippen LogP contribution in [-0.2, 0) is 17.9 Å². The first-order valence-electron chi connectivity index (χ1n) is 14.3. The van der Waals surface area contributed by atoms with E-state index in [1.54, 1.807) is 50.2 Å². The summed E-state index contributed by atoms with van der Waals surface area (Å²) in [5.74, 6) is 0.231. The Morgan fingerprint density at radius 1 is 1.23 bits per heavy atom. The van der Waals surface area contributed by atoms with E-state index in [-0.39, 0.29) is 29.9 Å². The van der Waals surface area contributed by atoms with Gasteiger partial charge in [0.25, 0.3) is 11.8 Å². The Labute approximate surface area is 261 Å². The van der Waals surface area contributed by atoms with E-state index in [1.807, 2.05) is 56.5 Å². The lowest BCUT2D eigenvalue weighted by atomic mass is 10.0. The first-order chi connectivity index (χ1) is 20.7. The Morgan fingerprint density at radius 3 is 2.61 bits per heavy atom. The monoisotopic (exact) mass is 617 g/mol. The molecule has 0 unspecified atom stereocenters. The van der Waals surface area contributed by atoms with E-state index in [9.17, 15) is 20.0 Å². The zero-order valence-corrected chi connectivity index (χ0v) is 27.0. The van der Waals surface area contributed by atoms with Crippen LogP contribution in [0.5, 0.6) is 0 Å². The van der Waals surface area contributed by atoms with Crippen molar-refractivity contribution in [2.75, 3.05) is 18.9 Å². The van der Waals surface area contributed by atoms with Gasteiger partial charge in [0.15, 0.2) is 12.2 Å². The number of oxazole rings is 1. The summed E-state index contributed by atoms with van der Waals surface area (Å²) in [7, 11) is 1.67. The number of nitrogens with one attached hydrogen (secondary N) is 2. The van der Waals surface area contributed by atoms with E-state index in [0.29, 0.717) is 35.2 Å². The van der Waals surface area contributed by atoms with Crippen LogP contribution in [0.2, 0.25) is 0 Å². The molecule has 0 aliphatic carbocycles. The summed E-state index contributed by atoms with van der Waals surface area (Å²) < 4.78 is 7.25. The van der Waals surface area contributed by atoms with Crippen LogP contribution in [-0.4, -0.2) is 61.1 Å². The minimum atomic E-state index is -0.844. The molecule has 1 aromatic carbocycles. The molecule has 12 heteroatoms. The summed E-state index contributed by atoms with van der Waals surface area (Å²) in [4.78, 5) is 38.3. The molecule has 0 spiro atoms. The van der Waals surface area contributed by atoms with Crippen LogP contribution in [0, 0.1) is 17.2 Å². The van der Waals surface area contributed by atoms with Crippen molar-refractivity contribution < 1.29 is 19.1 Å². The highest BCUT2D eigenvalue weighted by molar-refractivity contribution is 7.17. The minimum Gasteiger partial charge on any atom is -0.443 e. The Balaban J connectivity index is 1.67. The molecule has 0 radical (unpaired) electrons. The zero-order chi connectivity index (χ0) is 32.2. The summed E-state index contributed by atoms with van der Waals surface area (Å²) in [5, 5.41) is 25.9. The Kier molecular flexibility index (Phi) is 9.73. The molecule has 2 amide bonds. The maximum absolute atomic E-state index is 13.4. The second kappa shape index (κ2) is 13.1. The second-order valence-corrected chi connectivity index (χ2v) is 13.4. The topological polar surface area (TPSA) is 149 Å². The number of anilines is 1. The van der Waals surface area contributed by atoms with Gasteiger partial charge in [-0.15, -0.1) is 11.3 Å². The first-order valence-corrected chi connectivity index (χ1v) is 15.1. The van der Waals surface area contributed by atoms with E-state index in [1.165, 1.54) is 17.7 Å². The van der Waals surface area contributed by atoms with E-state index >= 15 is 0 Å². The maximum Gasteiger partial charge on any atom is 0.268 e. The van der Waals surface area contributed by atoms with E-state index in [4.69, 9.17) is 9.40 Å². The van der Waals surface area contributed by atoms with Crippen molar-refractivity contribution in [2.24, 2.45) is 5.92 Å². The predicted molar refractivity (Wildman–Crippen MR) is 171 cm³/mol. The summed E-state index contributed by atoms with van der Waals surface area (Å²) in [5.41, 5.74) is 0.868. The number of thiophene rings is 1. The Bertz CT molecular complexity index is 1700. The quantitative estimate of drug-likeness (QED) is 0.145. The fraction of sp³-hybridized carbons (Fsp3) is 0.406. The highest BCUT2D eigenvalue weighted by Gasteiger charge is 2.32. The third kappa shape index (κ3) is 7.79. The molecule has 3 heterocycles. The number of carbonyl (C=O) groups is 2. The fourth-order valence-corrected chi connectivity index (χ4v) is 5.44. The second-order valence-electron chi connectivity index (χ2n) is 12.4. The lowest BCUT2D eigenvalue weighted by molar-refractivity contribution is -0.130. The van der Waals surface area contributed by atoms with Gasteiger partial charge < -0.3 is 24.3 Å². The molecule has 4 rings (SSSR count). The summed E-state index contributed by atoms with van der Waals surface area (Å²) in [6, 6.07) is 11.4. The highest BCUT2D eigenvalue weighted by Crippen LogP contribution is 2.30. The molecule has 0 saturated carbocycles. The van der Waals surface area contributed by atoms with Gasteiger partial charge in [-0.1, -0.05) is 26.0 Å². The van der Waals surface area contributed by atoms with Gasteiger partial charge in [-0.25, -0.2) is 9.97 Å². The number of carbonyl (C=O) groups excluding carboxylic acids is 2. The number of allylic oxidation sites excluding steroid dienone is 1. The van der Waals surface area contributed by atoms with Crippen molar-refractivity contribution in [1.82, 2.24) is 24.8 Å². The van der Waals surface area contributed by atoms with Crippen LogP contribution in [0.15, 0.2) is 59.0 Å². The molecule has 0 fully saturated rings. The standard InChI is InChI=1S/C32H39N7O4S/c1-20(2)12-22(14-33)29(41)38(7)31(3,4)18-39-24-9-8-21(15-34-17-32(5,6)42)13-23(24)36-30(39)37-28(40)27-11-10-26(44-27)25-16-35-19-43-25/h8-13,16,19-20,34,42H,15,17-18H2,1-7H3,(H,36,37,40)/b22-12+. The van der Waals surface area contributed by atoms with Crippen LogP contribution in [0.4, 0.5) is 5.95 Å². The van der Waals surface area contributed by atoms with E-state index < -0.39 is 11.1 Å². The smallest absolute Gasteiger partial charge is 0.268 e. The van der Waals surface area contributed by atoms with Crippen molar-refractivity contribution in [2.45, 2.75) is 65.8 Å². The highest BCUT2D eigenvalue weighted by atomic mass is 32.1. The van der Waals surface area contributed by atoms with Gasteiger partial charge in [0.05, 0.1) is 38.1 Å². The van der Waals surface area contributed by atoms with Crippen LogP contribution in [0.3, 0.4) is 0 Å². The van der Waals surface area contributed by atoms with Gasteiger partial charge in [-0.2, -0.15) is 5.26 Å². The molecule has 0 saturated heterocycles. The number of hydrogen-bond acceptors (Lipinski definition) is 9. The fourth-order valence-electron chi connectivity index (χ4n) is 4.58. The normalized spacial score (nSPS) is 12.5. The number of fused-ring (bicyclic) bond motifs is 1. The van der Waals surface area contributed by atoms with Crippen LogP contribution >= 0.6 is 11.3 Å². The van der Waals surface area contributed by atoms with Gasteiger partial charge >= 0.3 is 0 Å². The number of nitrogens with zero attached hydrogens (tertiary/aromatic N) is 5. The van der Waals surface area contributed by atoms with Gasteiger partial charge in [0.2, 0.25) is 5.95 Å². The maximum atomic E-state index is 13.4. The van der Waals surface area contributed by atoms with Crippen molar-refractivity contribution >= 4 is 40.1 Å². The average molecular weight is 618 g/mol. The third-order valence-corrected chi connectivity index (χ3v) is 8.14. The van der Waals surface area contributed by atoms with E-state index in [2.05, 4.69) is 15.6 Å². The Morgan fingerprint density at radius 2 is 1.98 bits per heavy atom. The number of nitriles is 1. The van der Waals surface area contributed by atoms with Crippen molar-refractivity contribution in [3.8, 4) is 16.7 Å². The Hall–Kier alpha value is -4.31. The molecular weight excluding hydrogens is 578 g/mol. The molecule has 0 aliphatic rings. The molecule has 11 nitrogen and oxygen atoms in total. The lowest BCUT2D eigenvalue weighted by Crippen LogP contribution is -2.48. The van der Waals surface area contributed by atoms with Crippen molar-refractivity contribution in [3.05, 3.63) is 65.0 Å². The number of hydrogen-bond donors (Lipinski definition) is 3. The van der Waals surface area contributed by atoms with Crippen molar-refractivity contribution in [1.29, 1.82) is 5.26 Å². The van der Waals surface area contributed by atoms with Gasteiger partial charge in [0, 0.05) is 26.7 Å². The number of likely N-dealkylation sites (N-methyl/N-ethyl adjacent to an activating group) is 1. The number of aliphatic hydroxyl groups is 1. The number of aromatic nitrogens is 3. The summed E-state index contributed by atoms with van der Waals surface area (Å²) >= 11 is 1.28. The summed E-state index contributed by atoms with van der Waals surface area (Å²) in [6.45, 7) is 12.4. The van der Waals surface area contributed by atoms with Gasteiger partial charge in [0.1, 0.15) is 11.6 Å². The van der Waals surface area contributed by atoms with E-state index in [0.717, 1.165) is 16.0 Å². The third-order valence-electron chi connectivity index (χ3n) is 7.04. The number of rotatable bonds is 12.